The van der Waals surface area contributed by atoms with Crippen LogP contribution in [0.1, 0.15) is 70.3 Å². The molecule has 0 amide bonds. The summed E-state index contributed by atoms with van der Waals surface area (Å²) in [4.78, 5) is 0. The SMILES string of the molecule is C=CCCC1CCC(C(F)(F)Oc2ccc3cc(CCCCC)c(F)cc3c2)CC1. The van der Waals surface area contributed by atoms with E-state index in [1.807, 2.05) is 12.1 Å². The molecular weight excluding hydrogens is 385 g/mol. The standard InChI is InChI=1S/C26H33F3O/c1-3-5-7-9-21-16-20-12-15-24(17-22(20)18-25(21)27)30-26(28,29)23-13-10-19(11-14-23)8-6-4-2/h4,12,15-19,23H,2-3,5-11,13-14H2,1H3. The minimum absolute atomic E-state index is 0.0967. The van der Waals surface area contributed by atoms with Gasteiger partial charge in [-0.25, -0.2) is 4.39 Å². The minimum Gasteiger partial charge on any atom is -0.432 e. The lowest BCUT2D eigenvalue weighted by Gasteiger charge is -2.33. The van der Waals surface area contributed by atoms with Crippen LogP contribution in [-0.2, 0) is 6.42 Å². The van der Waals surface area contributed by atoms with Gasteiger partial charge in [0.25, 0.3) is 0 Å². The topological polar surface area (TPSA) is 9.23 Å². The monoisotopic (exact) mass is 418 g/mol. The van der Waals surface area contributed by atoms with Crippen LogP contribution in [-0.4, -0.2) is 6.11 Å². The second-order valence-corrected chi connectivity index (χ2v) is 8.66. The van der Waals surface area contributed by atoms with Crippen molar-refractivity contribution in [3.63, 3.8) is 0 Å². The summed E-state index contributed by atoms with van der Waals surface area (Å²) in [5.74, 6) is -0.448. The van der Waals surface area contributed by atoms with Crippen LogP contribution >= 0.6 is 0 Å². The number of unbranched alkanes of at least 4 members (excludes halogenated alkanes) is 2. The quantitative estimate of drug-likeness (QED) is 0.278. The van der Waals surface area contributed by atoms with Gasteiger partial charge in [-0.1, -0.05) is 31.9 Å². The summed E-state index contributed by atoms with van der Waals surface area (Å²) in [7, 11) is 0. The van der Waals surface area contributed by atoms with E-state index in [9.17, 15) is 13.2 Å². The molecule has 0 aliphatic heterocycles. The summed E-state index contributed by atoms with van der Waals surface area (Å²) >= 11 is 0. The molecule has 3 rings (SSSR count). The molecule has 0 spiro atoms. The van der Waals surface area contributed by atoms with Gasteiger partial charge >= 0.3 is 6.11 Å². The van der Waals surface area contributed by atoms with Gasteiger partial charge in [0.05, 0.1) is 5.92 Å². The highest BCUT2D eigenvalue weighted by Gasteiger charge is 2.43. The van der Waals surface area contributed by atoms with Gasteiger partial charge in [0, 0.05) is 0 Å². The third-order valence-electron chi connectivity index (χ3n) is 6.38. The Hall–Kier alpha value is -1.97. The number of allylic oxidation sites excluding steroid dienone is 1. The molecule has 164 valence electrons. The zero-order chi connectivity index (χ0) is 21.6. The van der Waals surface area contributed by atoms with Crippen LogP contribution in [0.5, 0.6) is 5.75 Å². The molecule has 1 nitrogen and oxygen atoms in total. The van der Waals surface area contributed by atoms with Crippen molar-refractivity contribution in [2.45, 2.75) is 77.2 Å². The van der Waals surface area contributed by atoms with E-state index in [0.717, 1.165) is 50.3 Å². The summed E-state index contributed by atoms with van der Waals surface area (Å²) in [6.45, 7) is 5.84. The van der Waals surface area contributed by atoms with Crippen molar-refractivity contribution in [1.82, 2.24) is 0 Å². The molecule has 1 fully saturated rings. The van der Waals surface area contributed by atoms with Gasteiger partial charge in [-0.3, -0.25) is 0 Å². The Balaban J connectivity index is 1.66. The van der Waals surface area contributed by atoms with Crippen LogP contribution in [0.15, 0.2) is 43.0 Å². The molecule has 0 atom stereocenters. The van der Waals surface area contributed by atoms with E-state index in [0.29, 0.717) is 36.1 Å². The van der Waals surface area contributed by atoms with Crippen molar-refractivity contribution in [2.24, 2.45) is 11.8 Å². The number of fused-ring (bicyclic) bond motifs is 1. The van der Waals surface area contributed by atoms with Crippen molar-refractivity contribution in [3.05, 3.63) is 54.4 Å². The minimum atomic E-state index is -3.21. The maximum Gasteiger partial charge on any atom is 0.400 e. The fourth-order valence-electron chi connectivity index (χ4n) is 4.50. The Labute approximate surface area is 178 Å². The summed E-state index contributed by atoms with van der Waals surface area (Å²) in [6, 6.07) is 8.10. The predicted octanol–water partition coefficient (Wildman–Crippen LogP) is 8.46. The Bertz CT molecular complexity index is 838. The fourth-order valence-corrected chi connectivity index (χ4v) is 4.50. The Morgan fingerprint density at radius 3 is 2.53 bits per heavy atom. The largest absolute Gasteiger partial charge is 0.432 e. The molecule has 0 aromatic heterocycles. The molecule has 4 heteroatoms. The van der Waals surface area contributed by atoms with Crippen LogP contribution in [0.25, 0.3) is 10.8 Å². The van der Waals surface area contributed by atoms with Gasteiger partial charge in [-0.15, -0.1) is 6.58 Å². The summed E-state index contributed by atoms with van der Waals surface area (Å²) in [5.41, 5.74) is 0.683. The number of rotatable bonds is 10. The number of hydrogen-bond donors (Lipinski definition) is 0. The molecule has 2 aromatic carbocycles. The Morgan fingerprint density at radius 1 is 1.07 bits per heavy atom. The fraction of sp³-hybridized carbons (Fsp3) is 0.538. The van der Waals surface area contributed by atoms with Gasteiger partial charge in [-0.2, -0.15) is 8.78 Å². The van der Waals surface area contributed by atoms with Crippen molar-refractivity contribution in [2.75, 3.05) is 0 Å². The Morgan fingerprint density at radius 2 is 1.83 bits per heavy atom. The van der Waals surface area contributed by atoms with Gasteiger partial charge < -0.3 is 4.74 Å². The summed E-state index contributed by atoms with van der Waals surface area (Å²) < 4.78 is 49.1. The van der Waals surface area contributed by atoms with Crippen molar-refractivity contribution in [3.8, 4) is 5.75 Å². The average Bonchev–Trinajstić information content (AvgIpc) is 2.73. The molecule has 1 saturated carbocycles. The smallest absolute Gasteiger partial charge is 0.400 e. The van der Waals surface area contributed by atoms with Crippen LogP contribution in [0.3, 0.4) is 0 Å². The molecule has 0 bridgehead atoms. The molecule has 0 unspecified atom stereocenters. The lowest BCUT2D eigenvalue weighted by atomic mass is 9.79. The average molecular weight is 419 g/mol. The van der Waals surface area contributed by atoms with E-state index in [-0.39, 0.29) is 11.6 Å². The van der Waals surface area contributed by atoms with Gasteiger partial charge in [0.2, 0.25) is 0 Å². The molecule has 0 N–H and O–H groups in total. The van der Waals surface area contributed by atoms with Crippen molar-refractivity contribution in [1.29, 1.82) is 0 Å². The molecule has 30 heavy (non-hydrogen) atoms. The molecule has 0 saturated heterocycles. The zero-order valence-corrected chi connectivity index (χ0v) is 17.9. The number of alkyl halides is 2. The van der Waals surface area contributed by atoms with Crippen molar-refractivity contribution >= 4 is 10.8 Å². The normalized spacial score (nSPS) is 19.7. The molecule has 0 heterocycles. The van der Waals surface area contributed by atoms with Gasteiger partial charge in [0.15, 0.2) is 0 Å². The van der Waals surface area contributed by atoms with Gasteiger partial charge in [0.1, 0.15) is 11.6 Å². The maximum absolute atomic E-state index is 14.8. The molecule has 1 aliphatic carbocycles. The summed E-state index contributed by atoms with van der Waals surface area (Å²) in [5, 5.41) is 1.44. The van der Waals surface area contributed by atoms with Crippen LogP contribution in [0.4, 0.5) is 13.2 Å². The molecule has 2 aromatic rings. The lowest BCUT2D eigenvalue weighted by Crippen LogP contribution is -2.37. The first-order chi connectivity index (χ1) is 14.4. The van der Waals surface area contributed by atoms with Crippen LogP contribution in [0.2, 0.25) is 0 Å². The number of ether oxygens (including phenoxy) is 1. The number of aryl methyl sites for hydroxylation is 1. The summed E-state index contributed by atoms with van der Waals surface area (Å²) in [6.07, 6.45) is 6.99. The first kappa shape index (κ1) is 22.7. The van der Waals surface area contributed by atoms with Crippen molar-refractivity contribution < 1.29 is 17.9 Å². The number of halogens is 3. The second kappa shape index (κ2) is 10.4. The van der Waals surface area contributed by atoms with E-state index in [1.165, 1.54) is 12.1 Å². The number of benzene rings is 2. The second-order valence-electron chi connectivity index (χ2n) is 8.66. The van der Waals surface area contributed by atoms with Gasteiger partial charge in [-0.05, 0) is 97.9 Å². The molecular formula is C26H33F3O. The van der Waals surface area contributed by atoms with Crippen LogP contribution < -0.4 is 4.74 Å². The maximum atomic E-state index is 14.8. The zero-order valence-electron chi connectivity index (χ0n) is 17.9. The highest BCUT2D eigenvalue weighted by atomic mass is 19.3. The first-order valence-electron chi connectivity index (χ1n) is 11.3. The molecule has 0 radical (unpaired) electrons. The molecule has 1 aliphatic rings. The lowest BCUT2D eigenvalue weighted by molar-refractivity contribution is -0.223. The van der Waals surface area contributed by atoms with E-state index in [1.54, 1.807) is 12.1 Å². The first-order valence-corrected chi connectivity index (χ1v) is 11.3. The number of hydrogen-bond acceptors (Lipinski definition) is 1. The van der Waals surface area contributed by atoms with E-state index in [4.69, 9.17) is 4.74 Å². The Kier molecular flexibility index (Phi) is 7.85. The van der Waals surface area contributed by atoms with E-state index in [2.05, 4.69) is 13.5 Å². The highest BCUT2D eigenvalue weighted by molar-refractivity contribution is 5.84. The third-order valence-corrected chi connectivity index (χ3v) is 6.38. The van der Waals surface area contributed by atoms with E-state index < -0.39 is 12.0 Å². The predicted molar refractivity (Wildman–Crippen MR) is 118 cm³/mol. The third kappa shape index (κ3) is 5.80. The van der Waals surface area contributed by atoms with E-state index >= 15 is 0 Å². The van der Waals surface area contributed by atoms with Crippen LogP contribution in [0, 0.1) is 17.7 Å². The highest BCUT2D eigenvalue weighted by Crippen LogP contribution is 2.41.